The van der Waals surface area contributed by atoms with Crippen molar-refractivity contribution in [3.05, 3.63) is 90.6 Å². The lowest BCUT2D eigenvalue weighted by molar-refractivity contribution is -0.116. The Bertz CT molecular complexity index is 1810. The highest BCUT2D eigenvalue weighted by molar-refractivity contribution is 5.94. The summed E-state index contributed by atoms with van der Waals surface area (Å²) in [5.41, 5.74) is 0.515. The Labute approximate surface area is 217 Å². The minimum absolute atomic E-state index is 0.0866. The number of hydrogen-bond donors (Lipinski definition) is 1. The summed E-state index contributed by atoms with van der Waals surface area (Å²) in [6.07, 6.45) is 1.35. The van der Waals surface area contributed by atoms with Gasteiger partial charge in [-0.2, -0.15) is 0 Å². The van der Waals surface area contributed by atoms with Crippen molar-refractivity contribution in [3.63, 3.8) is 0 Å². The number of aryl methyl sites for hydroxylation is 2. The lowest BCUT2D eigenvalue weighted by atomic mass is 10.1. The average molecular weight is 518 g/mol. The van der Waals surface area contributed by atoms with Gasteiger partial charge in [0.25, 0.3) is 11.1 Å². The second-order valence-electron chi connectivity index (χ2n) is 9.79. The molecule has 1 aliphatic carbocycles. The summed E-state index contributed by atoms with van der Waals surface area (Å²) in [4.78, 5) is 54.6. The van der Waals surface area contributed by atoms with E-state index in [1.165, 1.54) is 44.7 Å². The standard InChI is InChI=1S/C28H28FN5O4/c1-15-9-12-22(21(29)13-15)30-25-23-24(16(2)26(36)32(25)5)33(28(38)34(27(23)37)18-10-11-18)20-8-6-7-19(14-20)31(4)17(3)35/h6-9,12-14,18,30H,10-11H2,1-5H3. The number of pyridine rings is 1. The summed E-state index contributed by atoms with van der Waals surface area (Å²) < 4.78 is 18.7. The summed E-state index contributed by atoms with van der Waals surface area (Å²) in [6, 6.07) is 11.1. The van der Waals surface area contributed by atoms with Gasteiger partial charge in [0, 0.05) is 38.3 Å². The zero-order valence-electron chi connectivity index (χ0n) is 21.8. The molecule has 0 atom stereocenters. The van der Waals surface area contributed by atoms with Crippen LogP contribution in [0.5, 0.6) is 0 Å². The predicted molar refractivity (Wildman–Crippen MR) is 146 cm³/mol. The van der Waals surface area contributed by atoms with Gasteiger partial charge in [0.1, 0.15) is 17.0 Å². The molecule has 0 unspecified atom stereocenters. The third-order valence-corrected chi connectivity index (χ3v) is 7.08. The number of carbonyl (C=O) groups is 1. The van der Waals surface area contributed by atoms with Gasteiger partial charge in [-0.15, -0.1) is 0 Å². The lowest BCUT2D eigenvalue weighted by Gasteiger charge is -2.21. The molecule has 0 saturated heterocycles. The van der Waals surface area contributed by atoms with Crippen LogP contribution in [-0.4, -0.2) is 26.7 Å². The van der Waals surface area contributed by atoms with Crippen molar-refractivity contribution in [2.75, 3.05) is 17.3 Å². The van der Waals surface area contributed by atoms with E-state index in [9.17, 15) is 23.6 Å². The molecule has 1 aliphatic rings. The average Bonchev–Trinajstić information content (AvgIpc) is 3.71. The zero-order valence-corrected chi connectivity index (χ0v) is 21.8. The first-order valence-corrected chi connectivity index (χ1v) is 12.3. The highest BCUT2D eigenvalue weighted by atomic mass is 19.1. The monoisotopic (exact) mass is 517 g/mol. The minimum Gasteiger partial charge on any atom is -0.338 e. The molecule has 0 radical (unpaired) electrons. The summed E-state index contributed by atoms with van der Waals surface area (Å²) in [7, 11) is 3.12. The number of carbonyl (C=O) groups excluding carboxylic acids is 1. The highest BCUT2D eigenvalue weighted by Gasteiger charge is 2.31. The summed E-state index contributed by atoms with van der Waals surface area (Å²) in [5, 5.41) is 3.05. The van der Waals surface area contributed by atoms with E-state index >= 15 is 0 Å². The lowest BCUT2D eigenvalue weighted by Crippen LogP contribution is -2.41. The van der Waals surface area contributed by atoms with Crippen molar-refractivity contribution in [3.8, 4) is 5.69 Å². The summed E-state index contributed by atoms with van der Waals surface area (Å²) in [6.45, 7) is 4.75. The highest BCUT2D eigenvalue weighted by Crippen LogP contribution is 2.34. The van der Waals surface area contributed by atoms with Gasteiger partial charge in [0.05, 0.1) is 16.9 Å². The van der Waals surface area contributed by atoms with Crippen molar-refractivity contribution in [2.45, 2.75) is 39.7 Å². The van der Waals surface area contributed by atoms with Gasteiger partial charge < -0.3 is 10.2 Å². The van der Waals surface area contributed by atoms with E-state index in [0.29, 0.717) is 24.2 Å². The van der Waals surface area contributed by atoms with E-state index in [4.69, 9.17) is 0 Å². The molecule has 0 bridgehead atoms. The third kappa shape index (κ3) is 4.02. The van der Waals surface area contributed by atoms with Gasteiger partial charge in [-0.3, -0.25) is 28.1 Å². The molecule has 10 heteroatoms. The molecule has 2 heterocycles. The van der Waals surface area contributed by atoms with E-state index in [-0.39, 0.29) is 39.9 Å². The summed E-state index contributed by atoms with van der Waals surface area (Å²) in [5.74, 6) is -0.649. The zero-order chi connectivity index (χ0) is 27.5. The molecule has 9 nitrogen and oxygen atoms in total. The molecular formula is C28H28FN5O4. The molecule has 0 aliphatic heterocycles. The van der Waals surface area contributed by atoms with Crippen molar-refractivity contribution in [2.24, 2.45) is 7.05 Å². The number of benzene rings is 2. The molecule has 5 rings (SSSR count). The van der Waals surface area contributed by atoms with Crippen LogP contribution < -0.4 is 27.0 Å². The van der Waals surface area contributed by atoms with E-state index < -0.39 is 22.6 Å². The van der Waals surface area contributed by atoms with Crippen molar-refractivity contribution >= 4 is 34.0 Å². The molecule has 1 amide bonds. The molecule has 4 aromatic rings. The molecule has 0 spiro atoms. The Morgan fingerprint density at radius 2 is 1.76 bits per heavy atom. The summed E-state index contributed by atoms with van der Waals surface area (Å²) >= 11 is 0. The van der Waals surface area contributed by atoms with Gasteiger partial charge in [-0.1, -0.05) is 12.1 Å². The van der Waals surface area contributed by atoms with Crippen molar-refractivity contribution in [1.82, 2.24) is 13.7 Å². The molecule has 196 valence electrons. The fourth-order valence-corrected chi connectivity index (χ4v) is 4.73. The number of nitrogens with zero attached hydrogens (tertiary/aromatic N) is 4. The van der Waals surface area contributed by atoms with Crippen LogP contribution in [0, 0.1) is 19.7 Å². The first kappa shape index (κ1) is 25.2. The number of hydrogen-bond acceptors (Lipinski definition) is 5. The Morgan fingerprint density at radius 3 is 2.39 bits per heavy atom. The van der Waals surface area contributed by atoms with E-state index in [1.54, 1.807) is 51.2 Å². The van der Waals surface area contributed by atoms with Gasteiger partial charge in [0.2, 0.25) is 5.91 Å². The third-order valence-electron chi connectivity index (χ3n) is 7.08. The van der Waals surface area contributed by atoms with E-state index in [2.05, 4.69) is 5.32 Å². The van der Waals surface area contributed by atoms with E-state index in [0.717, 1.165) is 5.56 Å². The quantitative estimate of drug-likeness (QED) is 0.436. The van der Waals surface area contributed by atoms with Crippen LogP contribution in [-0.2, 0) is 11.8 Å². The van der Waals surface area contributed by atoms with Gasteiger partial charge in [-0.25, -0.2) is 9.18 Å². The molecule has 1 N–H and O–H groups in total. The first-order chi connectivity index (χ1) is 18.0. The second-order valence-corrected chi connectivity index (χ2v) is 9.79. The second kappa shape index (κ2) is 9.13. The maximum Gasteiger partial charge on any atom is 0.336 e. The Morgan fingerprint density at radius 1 is 1.05 bits per heavy atom. The number of nitrogens with one attached hydrogen (secondary N) is 1. The number of rotatable bonds is 5. The molecule has 2 aromatic heterocycles. The number of amides is 1. The van der Waals surface area contributed by atoms with Gasteiger partial charge in [0.15, 0.2) is 0 Å². The van der Waals surface area contributed by atoms with Gasteiger partial charge in [-0.05, 0) is 62.6 Å². The van der Waals surface area contributed by atoms with Crippen LogP contribution in [0.2, 0.25) is 0 Å². The number of fused-ring (bicyclic) bond motifs is 1. The molecular weight excluding hydrogens is 489 g/mol. The topological polar surface area (TPSA) is 98.3 Å². The molecule has 1 fully saturated rings. The predicted octanol–water partition coefficient (Wildman–Crippen LogP) is 3.67. The minimum atomic E-state index is -0.573. The van der Waals surface area contributed by atoms with Crippen LogP contribution in [0.15, 0.2) is 56.8 Å². The molecule has 1 saturated carbocycles. The SMILES string of the molecule is CC(=O)N(C)c1cccc(-n2c(=O)n(C3CC3)c(=O)c3c(Nc4ccc(C)cc4F)n(C)c(=O)c(C)c32)c1. The van der Waals surface area contributed by atoms with Crippen LogP contribution in [0.4, 0.5) is 21.6 Å². The Hall–Kier alpha value is -4.47. The largest absolute Gasteiger partial charge is 0.338 e. The van der Waals surface area contributed by atoms with Crippen LogP contribution in [0.1, 0.15) is 36.9 Å². The maximum absolute atomic E-state index is 14.8. The van der Waals surface area contributed by atoms with Crippen LogP contribution in [0.3, 0.4) is 0 Å². The number of anilines is 3. The Kier molecular flexibility index (Phi) is 6.05. The number of halogens is 1. The van der Waals surface area contributed by atoms with Crippen molar-refractivity contribution in [1.29, 1.82) is 0 Å². The normalized spacial score (nSPS) is 13.1. The number of aromatic nitrogens is 3. The molecule has 2 aromatic carbocycles. The first-order valence-electron chi connectivity index (χ1n) is 12.3. The van der Waals surface area contributed by atoms with Gasteiger partial charge >= 0.3 is 5.69 Å². The molecule has 38 heavy (non-hydrogen) atoms. The fraction of sp³-hybridized carbons (Fsp3) is 0.286. The maximum atomic E-state index is 14.8. The Balaban J connectivity index is 1.91. The fourth-order valence-electron chi connectivity index (χ4n) is 4.73. The van der Waals surface area contributed by atoms with E-state index in [1.807, 2.05) is 0 Å². The van der Waals surface area contributed by atoms with Crippen LogP contribution >= 0.6 is 0 Å². The van der Waals surface area contributed by atoms with Crippen LogP contribution in [0.25, 0.3) is 16.6 Å². The smallest absolute Gasteiger partial charge is 0.336 e. The van der Waals surface area contributed by atoms with Crippen molar-refractivity contribution < 1.29 is 9.18 Å².